The number of allylic oxidation sites excluding steroid dienone is 2. The molecule has 1 unspecified atom stereocenters. The van der Waals surface area contributed by atoms with Crippen molar-refractivity contribution in [1.82, 2.24) is 5.32 Å². The average Bonchev–Trinajstić information content (AvgIpc) is 3.50. The summed E-state index contributed by atoms with van der Waals surface area (Å²) in [6.07, 6.45) is 2.89. The zero-order valence-electron chi connectivity index (χ0n) is 24.7. The lowest BCUT2D eigenvalue weighted by Gasteiger charge is -2.29. The normalized spacial score (nSPS) is 13.8. The maximum atomic E-state index is 13.2. The third-order valence-corrected chi connectivity index (χ3v) is 8.11. The number of nitriles is 1. The highest BCUT2D eigenvalue weighted by molar-refractivity contribution is 8.03. The summed E-state index contributed by atoms with van der Waals surface area (Å²) < 4.78 is 5.33. The third-order valence-electron chi connectivity index (χ3n) is 5.98. The molecule has 3 N–H and O–H groups in total. The Hall–Kier alpha value is -3.93. The largest absolute Gasteiger partial charge is 0.487 e. The van der Waals surface area contributed by atoms with Crippen LogP contribution in [0.2, 0.25) is 0 Å². The molecule has 2 aromatic carbocycles. The van der Waals surface area contributed by atoms with E-state index in [1.807, 2.05) is 70.3 Å². The number of para-hydroxylation sites is 1. The Morgan fingerprint density at radius 1 is 1.15 bits per heavy atom. The van der Waals surface area contributed by atoms with Crippen molar-refractivity contribution in [2.75, 3.05) is 30.5 Å². The van der Waals surface area contributed by atoms with E-state index in [9.17, 15) is 10.1 Å². The molecule has 4 rings (SSSR count). The van der Waals surface area contributed by atoms with Gasteiger partial charge in [0.15, 0.2) is 5.06 Å². The molecule has 1 aromatic heterocycles. The Morgan fingerprint density at radius 3 is 2.44 bits per heavy atom. The monoisotopic (exact) mass is 588 g/mol. The van der Waals surface area contributed by atoms with Crippen LogP contribution in [-0.4, -0.2) is 25.8 Å². The van der Waals surface area contributed by atoms with E-state index in [1.54, 1.807) is 13.2 Å². The first-order valence-electron chi connectivity index (χ1n) is 13.6. The van der Waals surface area contributed by atoms with Crippen LogP contribution >= 0.6 is 23.1 Å². The Balaban J connectivity index is 0.000000410. The van der Waals surface area contributed by atoms with Crippen molar-refractivity contribution < 1.29 is 9.53 Å². The van der Waals surface area contributed by atoms with Crippen LogP contribution in [0.1, 0.15) is 44.1 Å². The number of thiophene rings is 1. The molecule has 6 nitrogen and oxygen atoms in total. The summed E-state index contributed by atoms with van der Waals surface area (Å²) in [7, 11) is 3.54. The van der Waals surface area contributed by atoms with Gasteiger partial charge in [-0.2, -0.15) is 5.26 Å². The van der Waals surface area contributed by atoms with Gasteiger partial charge < -0.3 is 20.7 Å². The van der Waals surface area contributed by atoms with E-state index in [4.69, 9.17) is 4.74 Å². The number of rotatable bonds is 9. The van der Waals surface area contributed by atoms with E-state index in [-0.39, 0.29) is 5.91 Å². The Kier molecular flexibility index (Phi) is 14.4. The molecule has 216 valence electrons. The summed E-state index contributed by atoms with van der Waals surface area (Å²) in [6.45, 7) is 11.8. The van der Waals surface area contributed by atoms with Crippen molar-refractivity contribution in [3.05, 3.63) is 112 Å². The fourth-order valence-corrected chi connectivity index (χ4v) is 5.79. The lowest BCUT2D eigenvalue weighted by atomic mass is 9.86. The molecule has 41 heavy (non-hydrogen) atoms. The lowest BCUT2D eigenvalue weighted by Crippen LogP contribution is -2.30. The van der Waals surface area contributed by atoms with Crippen molar-refractivity contribution >= 4 is 40.4 Å². The molecule has 1 aliphatic rings. The van der Waals surface area contributed by atoms with Gasteiger partial charge in [-0.3, -0.25) is 4.79 Å². The van der Waals surface area contributed by atoms with Crippen molar-refractivity contribution in [2.45, 2.75) is 40.0 Å². The van der Waals surface area contributed by atoms with E-state index in [0.29, 0.717) is 22.6 Å². The minimum Gasteiger partial charge on any atom is -0.487 e. The van der Waals surface area contributed by atoms with Gasteiger partial charge in [0.1, 0.15) is 0 Å². The standard InChI is InChI=1S/C22H21N3O2S2.C9H13N.C2H6/c1-4-12-28-22-16(13-23)20(17-10-11-18(27-3)29-17)19(14(2)24-22)21(26)25-15-8-6-5-7-9-15;1-3-8-5-4-6-9(7-8)10-2;1-2/h4-11,20,24H,1,12H2,2-3H3,(H,25,26);4-7,10H,3H2,1-2H3;1-2H3. The van der Waals surface area contributed by atoms with Gasteiger partial charge in [0.2, 0.25) is 0 Å². The molecule has 0 saturated carbocycles. The molecular weight excluding hydrogens is 549 g/mol. The minimum absolute atomic E-state index is 0.237. The summed E-state index contributed by atoms with van der Waals surface area (Å²) in [5.41, 5.74) is 5.05. The molecule has 0 radical (unpaired) electrons. The zero-order chi connectivity index (χ0) is 30.2. The van der Waals surface area contributed by atoms with Gasteiger partial charge in [0.05, 0.1) is 29.7 Å². The molecular formula is C33H40N4O2S2. The number of anilines is 2. The van der Waals surface area contributed by atoms with Crippen LogP contribution in [0.5, 0.6) is 5.06 Å². The highest BCUT2D eigenvalue weighted by Crippen LogP contribution is 2.44. The van der Waals surface area contributed by atoms with Crippen molar-refractivity contribution in [3.63, 3.8) is 0 Å². The van der Waals surface area contributed by atoms with E-state index >= 15 is 0 Å². The van der Waals surface area contributed by atoms with Crippen molar-refractivity contribution in [2.24, 2.45) is 0 Å². The first-order valence-corrected chi connectivity index (χ1v) is 15.4. The summed E-state index contributed by atoms with van der Waals surface area (Å²) in [6, 6.07) is 23.8. The molecule has 1 atom stereocenters. The third kappa shape index (κ3) is 9.31. The van der Waals surface area contributed by atoms with Crippen LogP contribution in [0.4, 0.5) is 11.4 Å². The van der Waals surface area contributed by atoms with Gasteiger partial charge in [-0.15, -0.1) is 29.7 Å². The molecule has 1 amide bonds. The van der Waals surface area contributed by atoms with E-state index in [2.05, 4.69) is 59.8 Å². The highest BCUT2D eigenvalue weighted by atomic mass is 32.2. The second-order valence-electron chi connectivity index (χ2n) is 8.54. The quantitative estimate of drug-likeness (QED) is 0.218. The number of thioether (sulfide) groups is 1. The number of methoxy groups -OCH3 is 1. The predicted octanol–water partition coefficient (Wildman–Crippen LogP) is 8.33. The number of carbonyl (C=O) groups excluding carboxylic acids is 1. The Morgan fingerprint density at radius 2 is 1.85 bits per heavy atom. The van der Waals surface area contributed by atoms with Crippen LogP contribution in [0, 0.1) is 11.3 Å². The molecule has 0 bridgehead atoms. The number of dihydropyridines is 1. The van der Waals surface area contributed by atoms with Crippen LogP contribution in [-0.2, 0) is 11.2 Å². The van der Waals surface area contributed by atoms with Gasteiger partial charge in [-0.25, -0.2) is 0 Å². The van der Waals surface area contributed by atoms with Crippen LogP contribution in [0.3, 0.4) is 0 Å². The Labute approximate surface area is 253 Å². The molecule has 2 heterocycles. The van der Waals surface area contributed by atoms with E-state index in [0.717, 1.165) is 27.1 Å². The molecule has 8 heteroatoms. The number of benzene rings is 2. The van der Waals surface area contributed by atoms with Gasteiger partial charge >= 0.3 is 0 Å². The van der Waals surface area contributed by atoms with Gasteiger partial charge in [-0.05, 0) is 55.3 Å². The summed E-state index contributed by atoms with van der Waals surface area (Å²) >= 11 is 2.93. The van der Waals surface area contributed by atoms with E-state index in [1.165, 1.54) is 34.3 Å². The molecule has 0 spiro atoms. The van der Waals surface area contributed by atoms with Gasteiger partial charge in [-0.1, -0.05) is 57.2 Å². The molecule has 0 fully saturated rings. The summed E-state index contributed by atoms with van der Waals surface area (Å²) in [5.74, 6) is -0.0439. The smallest absolute Gasteiger partial charge is 0.254 e. The summed E-state index contributed by atoms with van der Waals surface area (Å²) in [5, 5.41) is 20.7. The Bertz CT molecular complexity index is 1370. The number of nitrogens with zero attached hydrogens (tertiary/aromatic N) is 1. The van der Waals surface area contributed by atoms with Crippen LogP contribution < -0.4 is 20.7 Å². The number of hydrogen-bond acceptors (Lipinski definition) is 7. The lowest BCUT2D eigenvalue weighted by molar-refractivity contribution is -0.113. The van der Waals surface area contributed by atoms with E-state index < -0.39 is 5.92 Å². The van der Waals surface area contributed by atoms with Crippen LogP contribution in [0.15, 0.2) is 101 Å². The van der Waals surface area contributed by atoms with Crippen LogP contribution in [0.25, 0.3) is 0 Å². The number of ether oxygens (including phenoxy) is 1. The maximum Gasteiger partial charge on any atom is 0.254 e. The fraction of sp³-hybridized carbons (Fsp3) is 0.273. The average molecular weight is 589 g/mol. The zero-order valence-corrected chi connectivity index (χ0v) is 26.3. The second-order valence-corrected chi connectivity index (χ2v) is 10.6. The number of hydrogen-bond donors (Lipinski definition) is 3. The molecule has 0 saturated heterocycles. The number of amides is 1. The predicted molar refractivity (Wildman–Crippen MR) is 177 cm³/mol. The van der Waals surface area contributed by atoms with Gasteiger partial charge in [0, 0.05) is 40.3 Å². The highest BCUT2D eigenvalue weighted by Gasteiger charge is 2.35. The number of carbonyl (C=O) groups is 1. The molecule has 1 aliphatic heterocycles. The maximum absolute atomic E-state index is 13.2. The molecule has 0 aliphatic carbocycles. The molecule has 3 aromatic rings. The fourth-order valence-electron chi connectivity index (χ4n) is 4.02. The first-order chi connectivity index (χ1) is 19.9. The first kappa shape index (κ1) is 33.3. The van der Waals surface area contributed by atoms with Crippen molar-refractivity contribution in [3.8, 4) is 11.1 Å². The SMILES string of the molecule is C=CCSC1=C(C#N)C(c2ccc(OC)s2)C(C(=O)Nc2ccccc2)=C(C)N1.CC.CCc1cccc(NC)c1. The summed E-state index contributed by atoms with van der Waals surface area (Å²) in [4.78, 5) is 14.1. The number of aryl methyl sites for hydroxylation is 1. The van der Waals surface area contributed by atoms with Crippen molar-refractivity contribution in [1.29, 1.82) is 5.26 Å². The second kappa shape index (κ2) is 17.7. The van der Waals surface area contributed by atoms with Gasteiger partial charge in [0.25, 0.3) is 5.91 Å². The minimum atomic E-state index is -0.467. The topological polar surface area (TPSA) is 86.2 Å². The number of nitrogens with one attached hydrogen (secondary N) is 3.